The minimum Gasteiger partial charge on any atom is -0.381 e. The lowest BCUT2D eigenvalue weighted by Gasteiger charge is -2.36. The second kappa shape index (κ2) is 19.0. The lowest BCUT2D eigenvalue weighted by molar-refractivity contribution is 0.0981. The number of sulfonamides is 1. The fraction of sp³-hybridized carbons (Fsp3) is 0.295. The second-order valence-corrected chi connectivity index (χ2v) is 17.4. The molecule has 0 spiro atoms. The number of thioether (sulfide) groups is 1. The van der Waals surface area contributed by atoms with Gasteiger partial charge in [-0.2, -0.15) is 0 Å². The SMILES string of the molecule is CCc1ccc(S(=O)(=O)NC(=O)c2ccc(N3CCN(Cc4ccccc4-c4ccc(Cl)cc4)CC3)cc2)cc1N[C@H](CCN(C)C)CSc1ccccc1. The first kappa shape index (κ1) is 40.3. The fourth-order valence-corrected chi connectivity index (χ4v) is 8.87. The Morgan fingerprint density at radius 3 is 2.22 bits per heavy atom. The van der Waals surface area contributed by atoms with Gasteiger partial charge in [0.15, 0.2) is 0 Å². The van der Waals surface area contributed by atoms with E-state index in [-0.39, 0.29) is 16.5 Å². The number of carbonyl (C=O) groups is 1. The summed E-state index contributed by atoms with van der Waals surface area (Å²) in [5, 5.41) is 4.38. The Kier molecular flexibility index (Phi) is 14.0. The zero-order valence-electron chi connectivity index (χ0n) is 31.7. The molecule has 1 aliphatic heterocycles. The molecular formula is C44H50ClN5O3S2. The van der Waals surface area contributed by atoms with Gasteiger partial charge >= 0.3 is 0 Å². The highest BCUT2D eigenvalue weighted by Gasteiger charge is 2.23. The summed E-state index contributed by atoms with van der Waals surface area (Å²) >= 11 is 7.91. The molecule has 0 aliphatic carbocycles. The Morgan fingerprint density at radius 2 is 1.53 bits per heavy atom. The number of amides is 1. The number of aryl methyl sites for hydroxylation is 1. The molecule has 0 saturated carbocycles. The van der Waals surface area contributed by atoms with Gasteiger partial charge in [0.25, 0.3) is 15.9 Å². The molecular weight excluding hydrogens is 746 g/mol. The van der Waals surface area contributed by atoms with Gasteiger partial charge in [-0.25, -0.2) is 13.1 Å². The molecule has 5 aromatic rings. The molecule has 1 aliphatic rings. The van der Waals surface area contributed by atoms with Gasteiger partial charge in [-0.1, -0.05) is 79.2 Å². The minimum absolute atomic E-state index is 0.0490. The summed E-state index contributed by atoms with van der Waals surface area (Å²) in [6.45, 7) is 7.26. The summed E-state index contributed by atoms with van der Waals surface area (Å²) in [5.41, 5.74) is 6.72. The molecule has 1 fully saturated rings. The standard InChI is InChI=1S/C44H50ClN5O3S2/c1-4-33-18-23-41(30-43(33)46-38(24-25-48(2)3)32-54-40-11-6-5-7-12-40)55(52,53)47-44(51)35-16-21-39(22-17-35)50-28-26-49(27-29-50)31-36-10-8-9-13-42(36)34-14-19-37(45)20-15-34/h5-23,30,38,46H,4,24-29,31-32H2,1-3H3,(H,47,51)/t38-/m1/s1. The highest BCUT2D eigenvalue weighted by molar-refractivity contribution is 7.99. The number of rotatable bonds is 16. The zero-order valence-corrected chi connectivity index (χ0v) is 34.1. The van der Waals surface area contributed by atoms with Crippen LogP contribution in [0.4, 0.5) is 11.4 Å². The monoisotopic (exact) mass is 795 g/mol. The van der Waals surface area contributed by atoms with Crippen LogP contribution in [0.15, 0.2) is 131 Å². The van der Waals surface area contributed by atoms with Gasteiger partial charge in [0.1, 0.15) is 0 Å². The van der Waals surface area contributed by atoms with Crippen molar-refractivity contribution in [2.24, 2.45) is 0 Å². The van der Waals surface area contributed by atoms with Gasteiger partial charge in [0, 0.05) is 71.4 Å². The molecule has 1 heterocycles. The molecule has 0 aromatic heterocycles. The molecule has 0 unspecified atom stereocenters. The van der Waals surface area contributed by atoms with Crippen molar-refractivity contribution in [2.75, 3.05) is 62.8 Å². The number of anilines is 2. The number of hydrogen-bond acceptors (Lipinski definition) is 8. The van der Waals surface area contributed by atoms with Crippen LogP contribution in [0.2, 0.25) is 5.02 Å². The van der Waals surface area contributed by atoms with E-state index in [4.69, 9.17) is 11.6 Å². The molecule has 1 amide bonds. The molecule has 55 heavy (non-hydrogen) atoms. The van der Waals surface area contributed by atoms with Crippen LogP contribution < -0.4 is 14.9 Å². The summed E-state index contributed by atoms with van der Waals surface area (Å²) in [4.78, 5) is 21.4. The fourth-order valence-electron chi connectivity index (χ4n) is 6.75. The maximum Gasteiger partial charge on any atom is 0.264 e. The van der Waals surface area contributed by atoms with Crippen LogP contribution in [0.25, 0.3) is 11.1 Å². The highest BCUT2D eigenvalue weighted by Crippen LogP contribution is 2.28. The summed E-state index contributed by atoms with van der Waals surface area (Å²) in [7, 11) is -0.0300. The van der Waals surface area contributed by atoms with Crippen molar-refractivity contribution in [1.29, 1.82) is 0 Å². The summed E-state index contributed by atoms with van der Waals surface area (Å²) in [6.07, 6.45) is 1.62. The second-order valence-electron chi connectivity index (χ2n) is 14.1. The molecule has 1 saturated heterocycles. The predicted octanol–water partition coefficient (Wildman–Crippen LogP) is 8.53. The first-order valence-corrected chi connectivity index (χ1v) is 21.6. The van der Waals surface area contributed by atoms with Crippen molar-refractivity contribution >= 4 is 50.7 Å². The van der Waals surface area contributed by atoms with Crippen LogP contribution in [0, 0.1) is 0 Å². The topological polar surface area (TPSA) is 85.0 Å². The lowest BCUT2D eigenvalue weighted by Crippen LogP contribution is -2.46. The molecule has 1 atom stereocenters. The first-order valence-electron chi connectivity index (χ1n) is 18.8. The third-order valence-corrected chi connectivity index (χ3v) is 12.7. The van der Waals surface area contributed by atoms with E-state index >= 15 is 0 Å². The number of hydrogen-bond donors (Lipinski definition) is 2. The van der Waals surface area contributed by atoms with E-state index in [0.29, 0.717) is 0 Å². The quantitative estimate of drug-likeness (QED) is 0.0963. The van der Waals surface area contributed by atoms with Crippen LogP contribution in [-0.2, 0) is 23.0 Å². The smallest absolute Gasteiger partial charge is 0.264 e. The van der Waals surface area contributed by atoms with E-state index in [2.05, 4.69) is 94.3 Å². The van der Waals surface area contributed by atoms with Gasteiger partial charge in [0.05, 0.1) is 4.90 Å². The van der Waals surface area contributed by atoms with E-state index in [1.807, 2.05) is 48.5 Å². The van der Waals surface area contributed by atoms with Gasteiger partial charge in [-0.15, -0.1) is 11.8 Å². The molecule has 288 valence electrons. The van der Waals surface area contributed by atoms with Crippen molar-refractivity contribution in [3.63, 3.8) is 0 Å². The predicted molar refractivity (Wildman–Crippen MR) is 229 cm³/mol. The Bertz CT molecular complexity index is 2120. The number of benzene rings is 5. The van der Waals surface area contributed by atoms with E-state index in [1.54, 1.807) is 36.0 Å². The molecule has 5 aromatic carbocycles. The molecule has 8 nitrogen and oxygen atoms in total. The van der Waals surface area contributed by atoms with Crippen molar-refractivity contribution in [3.8, 4) is 11.1 Å². The third-order valence-electron chi connectivity index (χ3n) is 9.91. The van der Waals surface area contributed by atoms with Crippen molar-refractivity contribution in [1.82, 2.24) is 14.5 Å². The van der Waals surface area contributed by atoms with Crippen LogP contribution >= 0.6 is 23.4 Å². The van der Waals surface area contributed by atoms with Crippen molar-refractivity contribution in [2.45, 2.75) is 42.1 Å². The van der Waals surface area contributed by atoms with Crippen molar-refractivity contribution in [3.05, 3.63) is 143 Å². The summed E-state index contributed by atoms with van der Waals surface area (Å²) in [5.74, 6) is 0.160. The zero-order chi connectivity index (χ0) is 38.8. The summed E-state index contributed by atoms with van der Waals surface area (Å²) in [6, 6.07) is 39.1. The third kappa shape index (κ3) is 11.1. The average molecular weight is 797 g/mol. The van der Waals surface area contributed by atoms with E-state index in [9.17, 15) is 13.2 Å². The van der Waals surface area contributed by atoms with E-state index in [0.717, 1.165) is 85.4 Å². The average Bonchev–Trinajstić information content (AvgIpc) is 3.20. The van der Waals surface area contributed by atoms with Gasteiger partial charge in [0.2, 0.25) is 0 Å². The van der Waals surface area contributed by atoms with Gasteiger partial charge in [-0.3, -0.25) is 9.69 Å². The highest BCUT2D eigenvalue weighted by atomic mass is 35.5. The number of piperazine rings is 1. The molecule has 0 bridgehead atoms. The van der Waals surface area contributed by atoms with Gasteiger partial charge in [-0.05, 0) is 116 Å². The Hall–Kier alpha value is -4.32. The van der Waals surface area contributed by atoms with Gasteiger partial charge < -0.3 is 15.1 Å². The van der Waals surface area contributed by atoms with E-state index < -0.39 is 15.9 Å². The van der Waals surface area contributed by atoms with Crippen LogP contribution in [0.3, 0.4) is 0 Å². The Labute approximate surface area is 335 Å². The molecule has 2 N–H and O–H groups in total. The maximum atomic E-state index is 13.6. The van der Waals surface area contributed by atoms with Crippen LogP contribution in [0.1, 0.15) is 34.8 Å². The van der Waals surface area contributed by atoms with E-state index in [1.165, 1.54) is 16.0 Å². The van der Waals surface area contributed by atoms with Crippen LogP contribution in [-0.4, -0.2) is 82.7 Å². The molecule has 11 heteroatoms. The van der Waals surface area contributed by atoms with Crippen LogP contribution in [0.5, 0.6) is 0 Å². The minimum atomic E-state index is -4.13. The Balaban J connectivity index is 1.06. The number of carbonyl (C=O) groups excluding carboxylic acids is 1. The normalized spacial score (nSPS) is 14.2. The largest absolute Gasteiger partial charge is 0.381 e. The lowest BCUT2D eigenvalue weighted by atomic mass is 9.99. The first-order chi connectivity index (χ1) is 26.6. The number of halogens is 1. The van der Waals surface area contributed by atoms with Crippen molar-refractivity contribution < 1.29 is 13.2 Å². The molecule has 6 rings (SSSR count). The Morgan fingerprint density at radius 1 is 0.836 bits per heavy atom. The summed E-state index contributed by atoms with van der Waals surface area (Å²) < 4.78 is 29.5. The maximum absolute atomic E-state index is 13.6. The number of nitrogens with one attached hydrogen (secondary N) is 2. The number of nitrogens with zero attached hydrogens (tertiary/aromatic N) is 3. The molecule has 0 radical (unpaired) electrons.